The second-order valence-electron chi connectivity index (χ2n) is 6.90. The van der Waals surface area contributed by atoms with Crippen molar-refractivity contribution >= 4 is 17.7 Å². The van der Waals surface area contributed by atoms with Crippen LogP contribution in [0.25, 0.3) is 11.5 Å². The fourth-order valence-electron chi connectivity index (χ4n) is 3.07. The van der Waals surface area contributed by atoms with Crippen LogP contribution in [0.4, 0.5) is 29.3 Å². The molecule has 1 unspecified atom stereocenters. The zero-order valence-corrected chi connectivity index (χ0v) is 16.8. The van der Waals surface area contributed by atoms with Crippen LogP contribution in [0.15, 0.2) is 53.2 Å². The first-order valence-electron chi connectivity index (χ1n) is 9.42. The molecule has 3 heterocycles. The molecule has 1 aliphatic rings. The third-order valence-electron chi connectivity index (χ3n) is 4.79. The Morgan fingerprint density at radius 3 is 2.38 bits per heavy atom. The normalized spacial score (nSPS) is 15.8. The van der Waals surface area contributed by atoms with E-state index < -0.39 is 12.1 Å². The van der Waals surface area contributed by atoms with Crippen molar-refractivity contribution in [1.29, 1.82) is 0 Å². The van der Waals surface area contributed by atoms with Gasteiger partial charge in [-0.05, 0) is 42.8 Å². The number of carboxylic acids is 1. The molecule has 32 heavy (non-hydrogen) atoms. The van der Waals surface area contributed by atoms with Gasteiger partial charge in [-0.3, -0.25) is 4.98 Å². The lowest BCUT2D eigenvalue weighted by Gasteiger charge is -2.23. The molecule has 0 radical (unpaired) electrons. The summed E-state index contributed by atoms with van der Waals surface area (Å²) in [6, 6.07) is 10.8. The summed E-state index contributed by atoms with van der Waals surface area (Å²) >= 11 is 0. The van der Waals surface area contributed by atoms with Crippen molar-refractivity contribution in [1.82, 2.24) is 15.2 Å². The first-order valence-corrected chi connectivity index (χ1v) is 9.42. The van der Waals surface area contributed by atoms with E-state index in [4.69, 9.17) is 14.3 Å². The van der Waals surface area contributed by atoms with Crippen LogP contribution in [0, 0.1) is 5.82 Å². The van der Waals surface area contributed by atoms with Gasteiger partial charge in [0.1, 0.15) is 5.82 Å². The van der Waals surface area contributed by atoms with Gasteiger partial charge in [-0.2, -0.15) is 13.2 Å². The zero-order chi connectivity index (χ0) is 23.3. The first kappa shape index (κ1) is 23.0. The number of carbonyl (C=O) groups is 1. The van der Waals surface area contributed by atoms with Gasteiger partial charge >= 0.3 is 18.2 Å². The number of benzene rings is 1. The van der Waals surface area contributed by atoms with Gasteiger partial charge in [0, 0.05) is 43.8 Å². The van der Waals surface area contributed by atoms with Crippen LogP contribution in [0.5, 0.6) is 0 Å². The molecule has 1 N–H and O–H groups in total. The molecule has 1 atom stereocenters. The lowest BCUT2D eigenvalue weighted by atomic mass is 10.2. The summed E-state index contributed by atoms with van der Waals surface area (Å²) in [5, 5.41) is 15.4. The third kappa shape index (κ3) is 5.71. The molecule has 0 bridgehead atoms. The van der Waals surface area contributed by atoms with E-state index in [1.54, 1.807) is 24.5 Å². The maximum Gasteiger partial charge on any atom is 0.490 e. The van der Waals surface area contributed by atoms with E-state index in [1.807, 2.05) is 24.1 Å². The van der Waals surface area contributed by atoms with Crippen molar-refractivity contribution in [3.63, 3.8) is 0 Å². The molecule has 1 fully saturated rings. The molecule has 3 aromatic rings. The fraction of sp³-hybridized carbons (Fsp3) is 0.300. The number of hydrogen-bond acceptors (Lipinski definition) is 7. The van der Waals surface area contributed by atoms with Crippen LogP contribution in [-0.2, 0) is 4.79 Å². The van der Waals surface area contributed by atoms with E-state index in [2.05, 4.69) is 20.1 Å². The minimum absolute atomic E-state index is 0.287. The summed E-state index contributed by atoms with van der Waals surface area (Å²) in [6.07, 6.45) is -0.466. The number of halogens is 4. The molecule has 8 nitrogen and oxygen atoms in total. The summed E-state index contributed by atoms with van der Waals surface area (Å²) in [7, 11) is 1.96. The van der Waals surface area contributed by atoms with Gasteiger partial charge in [-0.25, -0.2) is 9.18 Å². The van der Waals surface area contributed by atoms with Crippen molar-refractivity contribution in [3.05, 3.63) is 54.6 Å². The number of carboxylic acid groups (broad SMARTS) is 1. The predicted octanol–water partition coefficient (Wildman–Crippen LogP) is 3.62. The fourth-order valence-corrected chi connectivity index (χ4v) is 3.07. The van der Waals surface area contributed by atoms with Gasteiger partial charge in [-0.15, -0.1) is 5.10 Å². The van der Waals surface area contributed by atoms with E-state index in [0.29, 0.717) is 17.5 Å². The molecule has 0 saturated carbocycles. The number of aromatic nitrogens is 3. The predicted molar refractivity (Wildman–Crippen MR) is 107 cm³/mol. The Morgan fingerprint density at radius 1 is 1.16 bits per heavy atom. The number of rotatable bonds is 4. The maximum atomic E-state index is 13.0. The monoisotopic (exact) mass is 453 g/mol. The lowest BCUT2D eigenvalue weighted by Crippen LogP contribution is -2.34. The van der Waals surface area contributed by atoms with Crippen molar-refractivity contribution in [2.24, 2.45) is 0 Å². The largest absolute Gasteiger partial charge is 0.490 e. The molecule has 2 aromatic heterocycles. The second-order valence-corrected chi connectivity index (χ2v) is 6.90. The molecule has 0 amide bonds. The van der Waals surface area contributed by atoms with Crippen LogP contribution < -0.4 is 9.80 Å². The van der Waals surface area contributed by atoms with Crippen LogP contribution >= 0.6 is 0 Å². The Morgan fingerprint density at radius 2 is 1.78 bits per heavy atom. The van der Waals surface area contributed by atoms with Crippen molar-refractivity contribution in [2.45, 2.75) is 18.6 Å². The molecule has 4 rings (SSSR count). The van der Waals surface area contributed by atoms with Gasteiger partial charge in [0.05, 0.1) is 6.04 Å². The molecular formula is C20H19F4N5O3. The molecule has 170 valence electrons. The highest BCUT2D eigenvalue weighted by Gasteiger charge is 2.38. The van der Waals surface area contributed by atoms with Gasteiger partial charge in [0.25, 0.3) is 0 Å². The Kier molecular flexibility index (Phi) is 6.91. The molecule has 1 aromatic carbocycles. The molecule has 1 aliphatic heterocycles. The molecule has 12 heteroatoms. The average Bonchev–Trinajstić information content (AvgIpc) is 3.45. The number of aliphatic carboxylic acids is 1. The number of alkyl halides is 3. The van der Waals surface area contributed by atoms with Crippen LogP contribution in [-0.4, -0.2) is 58.6 Å². The molecule has 0 aliphatic carbocycles. The molecule has 0 spiro atoms. The average molecular weight is 453 g/mol. The summed E-state index contributed by atoms with van der Waals surface area (Å²) in [5.41, 5.74) is 1.88. The summed E-state index contributed by atoms with van der Waals surface area (Å²) < 4.78 is 50.5. The van der Waals surface area contributed by atoms with Crippen LogP contribution in [0.3, 0.4) is 0 Å². The van der Waals surface area contributed by atoms with E-state index in [0.717, 1.165) is 19.5 Å². The third-order valence-corrected chi connectivity index (χ3v) is 4.79. The summed E-state index contributed by atoms with van der Waals surface area (Å²) in [5.74, 6) is -2.65. The van der Waals surface area contributed by atoms with Gasteiger partial charge in [0.15, 0.2) is 0 Å². The minimum atomic E-state index is -5.08. The standard InChI is InChI=1S/C18H18FN5O.C2HF3O2/c1-23(16-8-11-24(12-16)15-6-9-20-10-7-15)18-22-21-17(25-18)13-2-4-14(19)5-3-13;3-2(4,5)1(6)7/h2-7,9-10,16H,8,11-12H2,1H3;(H,6,7). The van der Waals surface area contributed by atoms with Crippen LogP contribution in [0.2, 0.25) is 0 Å². The van der Waals surface area contributed by atoms with E-state index >= 15 is 0 Å². The Labute approximate surface area is 180 Å². The Hall–Kier alpha value is -3.70. The number of likely N-dealkylation sites (N-methyl/N-ethyl adjacent to an activating group) is 1. The van der Waals surface area contributed by atoms with E-state index in [-0.39, 0.29) is 11.9 Å². The lowest BCUT2D eigenvalue weighted by molar-refractivity contribution is -0.192. The van der Waals surface area contributed by atoms with Crippen LogP contribution in [0.1, 0.15) is 6.42 Å². The second kappa shape index (κ2) is 9.62. The van der Waals surface area contributed by atoms with Crippen molar-refractivity contribution in [3.8, 4) is 11.5 Å². The summed E-state index contributed by atoms with van der Waals surface area (Å²) in [6.45, 7) is 1.85. The highest BCUT2D eigenvalue weighted by atomic mass is 19.4. The first-order chi connectivity index (χ1) is 15.1. The van der Waals surface area contributed by atoms with Crippen molar-refractivity contribution in [2.75, 3.05) is 29.9 Å². The van der Waals surface area contributed by atoms with Gasteiger partial charge in [0.2, 0.25) is 5.89 Å². The van der Waals surface area contributed by atoms with E-state index in [9.17, 15) is 17.6 Å². The van der Waals surface area contributed by atoms with Gasteiger partial charge < -0.3 is 19.3 Å². The minimum Gasteiger partial charge on any atom is -0.475 e. The number of hydrogen-bond donors (Lipinski definition) is 1. The Balaban J connectivity index is 0.000000360. The molecular weight excluding hydrogens is 434 g/mol. The summed E-state index contributed by atoms with van der Waals surface area (Å²) in [4.78, 5) is 17.3. The smallest absolute Gasteiger partial charge is 0.475 e. The zero-order valence-electron chi connectivity index (χ0n) is 16.8. The molecule has 1 saturated heterocycles. The quantitative estimate of drug-likeness (QED) is 0.599. The Bertz CT molecular complexity index is 1030. The highest BCUT2D eigenvalue weighted by molar-refractivity contribution is 5.73. The number of anilines is 2. The highest BCUT2D eigenvalue weighted by Crippen LogP contribution is 2.27. The van der Waals surface area contributed by atoms with Crippen molar-refractivity contribution < 1.29 is 31.9 Å². The van der Waals surface area contributed by atoms with Gasteiger partial charge in [-0.1, -0.05) is 5.10 Å². The SMILES string of the molecule is CN(c1nnc(-c2ccc(F)cc2)o1)C1CCN(c2ccncc2)C1.O=C(O)C(F)(F)F. The number of pyridine rings is 1. The number of nitrogens with zero attached hydrogens (tertiary/aromatic N) is 5. The topological polar surface area (TPSA) is 95.6 Å². The van der Waals surface area contributed by atoms with E-state index in [1.165, 1.54) is 17.8 Å². The maximum absolute atomic E-state index is 13.0.